The quantitative estimate of drug-likeness (QED) is 0.381. The smallest absolute Gasteiger partial charge is 0.326 e. The minimum absolute atomic E-state index is 0.263. The number of nitrogens with zero attached hydrogens (tertiary/aromatic N) is 1. The molecule has 0 bridgehead atoms. The number of amides is 4. The Hall–Kier alpha value is -3.10. The van der Waals surface area contributed by atoms with Crippen LogP contribution in [-0.2, 0) is 24.7 Å². The van der Waals surface area contributed by atoms with Crippen LogP contribution < -0.4 is 15.4 Å². The van der Waals surface area contributed by atoms with Gasteiger partial charge in [-0.1, -0.05) is 38.0 Å². The number of esters is 1. The number of benzene rings is 1. The van der Waals surface area contributed by atoms with Gasteiger partial charge in [0.15, 0.2) is 12.1 Å². The summed E-state index contributed by atoms with van der Waals surface area (Å²) in [4.78, 5) is 50.0. The van der Waals surface area contributed by atoms with Crippen molar-refractivity contribution in [1.29, 1.82) is 0 Å². The monoisotopic (exact) mass is 403 g/mol. The molecule has 3 rings (SSSR count). The third-order valence-electron chi connectivity index (χ3n) is 5.01. The van der Waals surface area contributed by atoms with E-state index in [1.54, 1.807) is 24.3 Å². The van der Waals surface area contributed by atoms with Gasteiger partial charge in [-0.05, 0) is 12.5 Å². The normalized spacial score (nSPS) is 20.1. The van der Waals surface area contributed by atoms with Gasteiger partial charge >= 0.3 is 12.0 Å². The summed E-state index contributed by atoms with van der Waals surface area (Å²) in [6, 6.07) is 6.31. The van der Waals surface area contributed by atoms with Gasteiger partial charge in [-0.15, -0.1) is 0 Å². The highest BCUT2D eigenvalue weighted by atomic mass is 16.5. The van der Waals surface area contributed by atoms with Crippen LogP contribution >= 0.6 is 0 Å². The maximum Gasteiger partial charge on any atom is 0.326 e. The van der Waals surface area contributed by atoms with E-state index >= 15 is 0 Å². The van der Waals surface area contributed by atoms with E-state index in [-0.39, 0.29) is 13.0 Å². The first-order chi connectivity index (χ1) is 14.0. The van der Waals surface area contributed by atoms with E-state index in [1.165, 1.54) is 0 Å². The molecule has 0 aromatic heterocycles. The molecule has 2 heterocycles. The molecular formula is C20H25N3O6. The Labute approximate surface area is 168 Å². The number of nitrogens with one attached hydrogen (secondary N) is 2. The number of carbonyl (C=O) groups excluding carboxylic acids is 4. The average Bonchev–Trinajstić information content (AvgIpc) is 2.95. The molecule has 2 aliphatic heterocycles. The maximum absolute atomic E-state index is 13.0. The first-order valence-electron chi connectivity index (χ1n) is 9.76. The third kappa shape index (κ3) is 4.33. The van der Waals surface area contributed by atoms with Crippen molar-refractivity contribution >= 4 is 23.8 Å². The number of carbonyl (C=O) groups is 4. The van der Waals surface area contributed by atoms with Crippen molar-refractivity contribution in [2.45, 2.75) is 38.1 Å². The summed E-state index contributed by atoms with van der Waals surface area (Å²) in [7, 11) is 0. The molecule has 1 fully saturated rings. The summed E-state index contributed by atoms with van der Waals surface area (Å²) < 4.78 is 10.5. The summed E-state index contributed by atoms with van der Waals surface area (Å²) in [5.41, 5.74) is -0.685. The average molecular weight is 403 g/mol. The van der Waals surface area contributed by atoms with Crippen LogP contribution in [0.2, 0.25) is 0 Å². The molecule has 1 aromatic rings. The van der Waals surface area contributed by atoms with Crippen LogP contribution in [0.3, 0.4) is 0 Å². The molecule has 2 N–H and O–H groups in total. The highest BCUT2D eigenvalue weighted by Crippen LogP contribution is 2.40. The molecule has 1 aromatic carbocycles. The molecule has 4 amide bonds. The van der Waals surface area contributed by atoms with Crippen LogP contribution in [0, 0.1) is 0 Å². The summed E-state index contributed by atoms with van der Waals surface area (Å²) in [5.74, 6) is -1.24. The lowest BCUT2D eigenvalue weighted by Crippen LogP contribution is -2.47. The largest absolute Gasteiger partial charge is 0.493 e. The lowest BCUT2D eigenvalue weighted by atomic mass is 9.84. The first-order valence-corrected chi connectivity index (χ1v) is 9.76. The molecular weight excluding hydrogens is 378 g/mol. The molecule has 0 unspecified atom stereocenters. The van der Waals surface area contributed by atoms with E-state index < -0.39 is 42.5 Å². The Balaban J connectivity index is 1.57. The van der Waals surface area contributed by atoms with E-state index in [9.17, 15) is 19.2 Å². The van der Waals surface area contributed by atoms with Gasteiger partial charge in [0.25, 0.3) is 11.8 Å². The second kappa shape index (κ2) is 8.93. The zero-order valence-electron chi connectivity index (χ0n) is 16.4. The Morgan fingerprint density at radius 1 is 1.28 bits per heavy atom. The Morgan fingerprint density at radius 3 is 2.86 bits per heavy atom. The predicted octanol–water partition coefficient (Wildman–Crippen LogP) is 1.07. The van der Waals surface area contributed by atoms with Gasteiger partial charge in [-0.25, -0.2) is 4.79 Å². The number of imide groups is 1. The van der Waals surface area contributed by atoms with Gasteiger partial charge in [0, 0.05) is 18.5 Å². The molecule has 0 aliphatic carbocycles. The SMILES string of the molecule is CCCCCNC(=O)COC(=O)CN1C(=O)N[C@@]2(CCOc3ccccc32)C1=O. The van der Waals surface area contributed by atoms with Crippen LogP contribution in [0.25, 0.3) is 0 Å². The highest BCUT2D eigenvalue weighted by molar-refractivity contribution is 6.09. The van der Waals surface area contributed by atoms with Crippen molar-refractivity contribution in [3.05, 3.63) is 29.8 Å². The summed E-state index contributed by atoms with van der Waals surface area (Å²) >= 11 is 0. The first kappa shape index (κ1) is 20.6. The molecule has 29 heavy (non-hydrogen) atoms. The fraction of sp³-hybridized carbons (Fsp3) is 0.500. The molecule has 1 saturated heterocycles. The van der Waals surface area contributed by atoms with E-state index in [2.05, 4.69) is 17.6 Å². The lowest BCUT2D eigenvalue weighted by Gasteiger charge is -2.33. The van der Waals surface area contributed by atoms with E-state index in [0.717, 1.165) is 24.2 Å². The number of fused-ring (bicyclic) bond motifs is 2. The molecule has 1 spiro atoms. The van der Waals surface area contributed by atoms with E-state index in [4.69, 9.17) is 9.47 Å². The Kier molecular flexibility index (Phi) is 6.36. The standard InChI is InChI=1S/C20H25N3O6/c1-2-3-6-10-21-16(24)13-29-17(25)12-23-18(26)20(22-19(23)27)9-11-28-15-8-5-4-7-14(15)20/h4-5,7-8H,2-3,6,9-13H2,1H3,(H,21,24)(H,22,27)/t20-/m1/s1. The predicted molar refractivity (Wildman–Crippen MR) is 102 cm³/mol. The van der Waals surface area contributed by atoms with Crippen molar-refractivity contribution in [1.82, 2.24) is 15.5 Å². The second-order valence-corrected chi connectivity index (χ2v) is 7.04. The van der Waals surface area contributed by atoms with Gasteiger partial charge in [0.05, 0.1) is 6.61 Å². The van der Waals surface area contributed by atoms with Crippen molar-refractivity contribution < 1.29 is 28.7 Å². The van der Waals surface area contributed by atoms with Crippen molar-refractivity contribution in [3.63, 3.8) is 0 Å². The van der Waals surface area contributed by atoms with Crippen molar-refractivity contribution in [2.75, 3.05) is 26.3 Å². The number of unbranched alkanes of at least 4 members (excludes halogenated alkanes) is 2. The number of ether oxygens (including phenoxy) is 2. The zero-order chi connectivity index (χ0) is 20.9. The van der Waals surface area contributed by atoms with Crippen LogP contribution in [0.15, 0.2) is 24.3 Å². The molecule has 9 heteroatoms. The molecule has 156 valence electrons. The number of urea groups is 1. The van der Waals surface area contributed by atoms with Crippen molar-refractivity contribution in [2.24, 2.45) is 0 Å². The zero-order valence-corrected chi connectivity index (χ0v) is 16.4. The Bertz CT molecular complexity index is 811. The molecule has 0 saturated carbocycles. The van der Waals surface area contributed by atoms with E-state index in [1.807, 2.05) is 0 Å². The number of para-hydroxylation sites is 1. The molecule has 2 aliphatic rings. The fourth-order valence-electron chi connectivity index (χ4n) is 3.49. The molecule has 1 atom stereocenters. The minimum Gasteiger partial charge on any atom is -0.493 e. The second-order valence-electron chi connectivity index (χ2n) is 7.04. The topological polar surface area (TPSA) is 114 Å². The number of rotatable bonds is 8. The maximum atomic E-state index is 13.0. The molecule has 9 nitrogen and oxygen atoms in total. The van der Waals surface area contributed by atoms with Crippen LogP contribution in [0.4, 0.5) is 4.79 Å². The summed E-state index contributed by atoms with van der Waals surface area (Å²) in [6.45, 7) is 1.83. The number of hydrogen-bond acceptors (Lipinski definition) is 6. The Morgan fingerprint density at radius 2 is 2.07 bits per heavy atom. The minimum atomic E-state index is -1.25. The van der Waals surface area contributed by atoms with Crippen LogP contribution in [0.1, 0.15) is 38.2 Å². The van der Waals surface area contributed by atoms with E-state index in [0.29, 0.717) is 17.9 Å². The third-order valence-corrected chi connectivity index (χ3v) is 5.01. The summed E-state index contributed by atoms with van der Waals surface area (Å²) in [5, 5.41) is 5.36. The number of hydrogen-bond donors (Lipinski definition) is 2. The van der Waals surface area contributed by atoms with Gasteiger partial charge in [0.1, 0.15) is 12.3 Å². The van der Waals surface area contributed by atoms with Gasteiger partial charge in [0.2, 0.25) is 0 Å². The van der Waals surface area contributed by atoms with Crippen molar-refractivity contribution in [3.8, 4) is 5.75 Å². The van der Waals surface area contributed by atoms with Gasteiger partial charge < -0.3 is 20.1 Å². The lowest BCUT2D eigenvalue weighted by molar-refractivity contribution is -0.151. The fourth-order valence-corrected chi connectivity index (χ4v) is 3.49. The van der Waals surface area contributed by atoms with Gasteiger partial charge in [-0.2, -0.15) is 0 Å². The van der Waals surface area contributed by atoms with Crippen LogP contribution in [-0.4, -0.2) is 55.0 Å². The summed E-state index contributed by atoms with van der Waals surface area (Å²) in [6.07, 6.45) is 3.16. The highest BCUT2D eigenvalue weighted by Gasteiger charge is 2.55. The van der Waals surface area contributed by atoms with Gasteiger partial charge in [-0.3, -0.25) is 19.3 Å². The van der Waals surface area contributed by atoms with Crippen LogP contribution in [0.5, 0.6) is 5.75 Å². The molecule has 0 radical (unpaired) electrons.